The van der Waals surface area contributed by atoms with Crippen LogP contribution in [0.15, 0.2) is 42.7 Å². The van der Waals surface area contributed by atoms with Crippen molar-refractivity contribution in [1.82, 2.24) is 0 Å². The van der Waals surface area contributed by atoms with E-state index in [1.54, 1.807) is 31.2 Å². The standard InChI is InChI=1S/C11H12O3/c1-9(12)7-8-14-11(13)10-5-3-2-4-6-10/h2-9,12H,1H3/b8-7-. The highest BCUT2D eigenvalue weighted by Gasteiger charge is 2.02. The van der Waals surface area contributed by atoms with Crippen LogP contribution < -0.4 is 0 Å². The average Bonchev–Trinajstić information content (AvgIpc) is 2.18. The molecule has 74 valence electrons. The maximum Gasteiger partial charge on any atom is 0.342 e. The Labute approximate surface area is 82.6 Å². The molecule has 0 aromatic heterocycles. The Morgan fingerprint density at radius 3 is 2.64 bits per heavy atom. The fraction of sp³-hybridized carbons (Fsp3) is 0.182. The van der Waals surface area contributed by atoms with Crippen LogP contribution >= 0.6 is 0 Å². The van der Waals surface area contributed by atoms with E-state index in [0.29, 0.717) is 5.56 Å². The minimum Gasteiger partial charge on any atom is -0.431 e. The Kier molecular flexibility index (Phi) is 3.88. The second-order valence-corrected chi connectivity index (χ2v) is 2.84. The van der Waals surface area contributed by atoms with Gasteiger partial charge >= 0.3 is 5.97 Å². The first kappa shape index (κ1) is 10.5. The number of hydrogen-bond acceptors (Lipinski definition) is 3. The maximum absolute atomic E-state index is 11.3. The highest BCUT2D eigenvalue weighted by molar-refractivity contribution is 5.89. The molecule has 0 spiro atoms. The number of carbonyl (C=O) groups is 1. The molecular formula is C11H12O3. The predicted molar refractivity (Wildman–Crippen MR) is 52.7 cm³/mol. The highest BCUT2D eigenvalue weighted by atomic mass is 16.5. The first-order valence-electron chi connectivity index (χ1n) is 4.31. The van der Waals surface area contributed by atoms with Crippen molar-refractivity contribution in [1.29, 1.82) is 0 Å². The van der Waals surface area contributed by atoms with Crippen LogP contribution in [0.4, 0.5) is 0 Å². The van der Waals surface area contributed by atoms with Gasteiger partial charge in [0, 0.05) is 0 Å². The van der Waals surface area contributed by atoms with Crippen LogP contribution in [0.1, 0.15) is 17.3 Å². The summed E-state index contributed by atoms with van der Waals surface area (Å²) in [6.07, 6.45) is 1.97. The summed E-state index contributed by atoms with van der Waals surface area (Å²) in [4.78, 5) is 11.3. The van der Waals surface area contributed by atoms with E-state index >= 15 is 0 Å². The SMILES string of the molecule is CC(O)/C=C\OC(=O)c1ccccc1. The minimum atomic E-state index is -0.612. The van der Waals surface area contributed by atoms with Crippen LogP contribution in [-0.4, -0.2) is 17.2 Å². The van der Waals surface area contributed by atoms with Gasteiger partial charge in [0.25, 0.3) is 0 Å². The van der Waals surface area contributed by atoms with Gasteiger partial charge in [0.2, 0.25) is 0 Å². The van der Waals surface area contributed by atoms with Crippen molar-refractivity contribution in [2.75, 3.05) is 0 Å². The van der Waals surface area contributed by atoms with Crippen LogP contribution in [-0.2, 0) is 4.74 Å². The summed E-state index contributed by atoms with van der Waals surface area (Å²) in [6, 6.07) is 8.67. The van der Waals surface area contributed by atoms with Crippen LogP contribution in [0.5, 0.6) is 0 Å². The molecule has 0 aliphatic carbocycles. The van der Waals surface area contributed by atoms with Gasteiger partial charge in [-0.25, -0.2) is 4.79 Å². The third-order valence-electron chi connectivity index (χ3n) is 1.54. The lowest BCUT2D eigenvalue weighted by Gasteiger charge is -1.98. The molecule has 3 heteroatoms. The predicted octanol–water partition coefficient (Wildman–Crippen LogP) is 1.74. The van der Waals surface area contributed by atoms with Crippen molar-refractivity contribution in [2.45, 2.75) is 13.0 Å². The Morgan fingerprint density at radius 1 is 1.43 bits per heavy atom. The Bertz CT molecular complexity index is 315. The van der Waals surface area contributed by atoms with E-state index in [1.165, 1.54) is 12.3 Å². The molecule has 0 saturated carbocycles. The summed E-state index contributed by atoms with van der Waals surface area (Å²) >= 11 is 0. The molecule has 0 bridgehead atoms. The Hall–Kier alpha value is -1.61. The third kappa shape index (κ3) is 3.41. The molecule has 1 atom stereocenters. The number of aliphatic hydroxyl groups is 1. The van der Waals surface area contributed by atoms with Gasteiger partial charge in [0.05, 0.1) is 17.9 Å². The van der Waals surface area contributed by atoms with Gasteiger partial charge in [0.1, 0.15) is 0 Å². The molecule has 0 amide bonds. The maximum atomic E-state index is 11.3. The lowest BCUT2D eigenvalue weighted by molar-refractivity contribution is 0.0660. The van der Waals surface area contributed by atoms with E-state index in [-0.39, 0.29) is 0 Å². The van der Waals surface area contributed by atoms with Crippen LogP contribution in [0.3, 0.4) is 0 Å². The second-order valence-electron chi connectivity index (χ2n) is 2.84. The number of hydrogen-bond donors (Lipinski definition) is 1. The van der Waals surface area contributed by atoms with E-state index in [2.05, 4.69) is 0 Å². The van der Waals surface area contributed by atoms with E-state index in [4.69, 9.17) is 9.84 Å². The van der Waals surface area contributed by atoms with Crippen molar-refractivity contribution < 1.29 is 14.6 Å². The smallest absolute Gasteiger partial charge is 0.342 e. The number of carbonyl (C=O) groups excluding carboxylic acids is 1. The number of aliphatic hydroxyl groups excluding tert-OH is 1. The average molecular weight is 192 g/mol. The summed E-state index contributed by atoms with van der Waals surface area (Å²) < 4.78 is 4.76. The molecule has 0 fully saturated rings. The molecule has 0 radical (unpaired) electrons. The molecule has 1 aromatic rings. The quantitative estimate of drug-likeness (QED) is 0.586. The number of benzene rings is 1. The molecule has 1 aromatic carbocycles. The normalized spacial score (nSPS) is 12.7. The largest absolute Gasteiger partial charge is 0.431 e. The lowest BCUT2D eigenvalue weighted by atomic mass is 10.2. The highest BCUT2D eigenvalue weighted by Crippen LogP contribution is 2.01. The van der Waals surface area contributed by atoms with E-state index in [1.807, 2.05) is 6.07 Å². The van der Waals surface area contributed by atoms with Crippen molar-refractivity contribution in [3.8, 4) is 0 Å². The van der Waals surface area contributed by atoms with Crippen molar-refractivity contribution in [3.63, 3.8) is 0 Å². The van der Waals surface area contributed by atoms with Gasteiger partial charge in [-0.15, -0.1) is 0 Å². The van der Waals surface area contributed by atoms with E-state index < -0.39 is 12.1 Å². The summed E-state index contributed by atoms with van der Waals surface area (Å²) in [5.41, 5.74) is 0.489. The summed E-state index contributed by atoms with van der Waals surface area (Å²) in [5, 5.41) is 8.86. The molecule has 1 unspecified atom stereocenters. The van der Waals surface area contributed by atoms with Gasteiger partial charge in [-0.05, 0) is 25.1 Å². The molecule has 0 heterocycles. The Morgan fingerprint density at radius 2 is 2.07 bits per heavy atom. The molecular weight excluding hydrogens is 180 g/mol. The molecule has 0 aliphatic heterocycles. The van der Waals surface area contributed by atoms with Gasteiger partial charge in [0.15, 0.2) is 0 Å². The van der Waals surface area contributed by atoms with Crippen molar-refractivity contribution in [3.05, 3.63) is 48.2 Å². The summed E-state index contributed by atoms with van der Waals surface area (Å²) in [7, 11) is 0. The Balaban J connectivity index is 2.52. The molecule has 0 saturated heterocycles. The fourth-order valence-corrected chi connectivity index (χ4v) is 0.857. The van der Waals surface area contributed by atoms with Crippen LogP contribution in [0, 0.1) is 0 Å². The number of esters is 1. The summed E-state index contributed by atoms with van der Waals surface area (Å²) in [5.74, 6) is -0.428. The number of ether oxygens (including phenoxy) is 1. The minimum absolute atomic E-state index is 0.428. The zero-order chi connectivity index (χ0) is 10.4. The number of rotatable bonds is 3. The second kappa shape index (κ2) is 5.19. The van der Waals surface area contributed by atoms with Gasteiger partial charge < -0.3 is 9.84 Å². The lowest BCUT2D eigenvalue weighted by Crippen LogP contribution is -2.01. The van der Waals surface area contributed by atoms with Crippen molar-refractivity contribution >= 4 is 5.97 Å². The zero-order valence-electron chi connectivity index (χ0n) is 7.88. The summed E-state index contributed by atoms with van der Waals surface area (Å²) in [6.45, 7) is 1.58. The van der Waals surface area contributed by atoms with E-state index in [0.717, 1.165) is 0 Å². The molecule has 3 nitrogen and oxygen atoms in total. The molecule has 0 aliphatic rings. The van der Waals surface area contributed by atoms with Crippen LogP contribution in [0.25, 0.3) is 0 Å². The molecule has 14 heavy (non-hydrogen) atoms. The van der Waals surface area contributed by atoms with Crippen LogP contribution in [0.2, 0.25) is 0 Å². The van der Waals surface area contributed by atoms with Gasteiger partial charge in [-0.2, -0.15) is 0 Å². The zero-order valence-corrected chi connectivity index (χ0v) is 7.88. The fourth-order valence-electron chi connectivity index (χ4n) is 0.857. The van der Waals surface area contributed by atoms with Gasteiger partial charge in [-0.3, -0.25) is 0 Å². The molecule has 1 rings (SSSR count). The first-order chi connectivity index (χ1) is 6.70. The van der Waals surface area contributed by atoms with Gasteiger partial charge in [-0.1, -0.05) is 18.2 Å². The first-order valence-corrected chi connectivity index (χ1v) is 4.31. The topological polar surface area (TPSA) is 46.5 Å². The van der Waals surface area contributed by atoms with Crippen molar-refractivity contribution in [2.24, 2.45) is 0 Å². The monoisotopic (exact) mass is 192 g/mol. The van der Waals surface area contributed by atoms with E-state index in [9.17, 15) is 4.79 Å². The molecule has 1 N–H and O–H groups in total. The third-order valence-corrected chi connectivity index (χ3v) is 1.54.